The number of rotatable bonds is 7. The predicted molar refractivity (Wildman–Crippen MR) is 104 cm³/mol. The number of halogens is 1. The molecule has 136 valence electrons. The van der Waals surface area contributed by atoms with E-state index in [4.69, 9.17) is 9.15 Å². The van der Waals surface area contributed by atoms with Crippen molar-refractivity contribution in [3.05, 3.63) is 58.1 Å². The van der Waals surface area contributed by atoms with Gasteiger partial charge in [0.1, 0.15) is 5.52 Å². The number of hydrogen-bond donors (Lipinski definition) is 0. The fourth-order valence-electron chi connectivity index (χ4n) is 2.23. The maximum Gasteiger partial charge on any atom is 0.311 e. The molecular formula is C17H15BrN2O5S. The lowest BCUT2D eigenvalue weighted by Crippen LogP contribution is -2.05. The molecule has 0 aliphatic carbocycles. The Hall–Kier alpha value is -2.39. The van der Waals surface area contributed by atoms with Gasteiger partial charge in [0, 0.05) is 11.6 Å². The van der Waals surface area contributed by atoms with Crippen molar-refractivity contribution in [2.24, 2.45) is 0 Å². The number of aromatic nitrogens is 1. The number of nitro benzene ring substituents is 1. The van der Waals surface area contributed by atoms with E-state index >= 15 is 0 Å². The molecule has 0 unspecified atom stereocenters. The van der Waals surface area contributed by atoms with Gasteiger partial charge in [-0.2, -0.15) is 0 Å². The summed E-state index contributed by atoms with van der Waals surface area (Å²) in [6, 6.07) is 11.5. The van der Waals surface area contributed by atoms with Gasteiger partial charge in [0.05, 0.1) is 17.3 Å². The lowest BCUT2D eigenvalue weighted by atomic mass is 10.1. The summed E-state index contributed by atoms with van der Waals surface area (Å²) in [5.41, 5.74) is 1.39. The molecular weight excluding hydrogens is 424 g/mol. The highest BCUT2D eigenvalue weighted by atomic mass is 79.9. The maximum atomic E-state index is 12.3. The molecule has 26 heavy (non-hydrogen) atoms. The molecule has 0 bridgehead atoms. The third-order valence-electron chi connectivity index (χ3n) is 3.38. The standard InChI is InChI=1S/C17H14N2O5S.BrH/c1-2-23-16-8-7-11(9-13(16)19(21)22)14(20)10-25-17-18-12-5-3-4-6-15(12)24-17;/h3-9H,2,10H2,1H3;1H. The summed E-state index contributed by atoms with van der Waals surface area (Å²) in [7, 11) is 0. The van der Waals surface area contributed by atoms with E-state index in [2.05, 4.69) is 4.98 Å². The quantitative estimate of drug-likeness (QED) is 0.228. The predicted octanol–water partition coefficient (Wildman–Crippen LogP) is 4.69. The second-order valence-corrected chi connectivity index (χ2v) is 5.96. The van der Waals surface area contributed by atoms with Gasteiger partial charge in [-0.05, 0) is 31.2 Å². The number of nitrogens with zero attached hydrogens (tertiary/aromatic N) is 2. The van der Waals surface area contributed by atoms with E-state index < -0.39 is 4.92 Å². The second kappa shape index (κ2) is 8.81. The maximum absolute atomic E-state index is 12.3. The first kappa shape index (κ1) is 19.9. The Morgan fingerprint density at radius 1 is 1.31 bits per heavy atom. The minimum Gasteiger partial charge on any atom is -0.487 e. The number of hydrogen-bond acceptors (Lipinski definition) is 7. The van der Waals surface area contributed by atoms with Crippen molar-refractivity contribution >= 4 is 51.3 Å². The van der Waals surface area contributed by atoms with Crippen molar-refractivity contribution < 1.29 is 18.9 Å². The van der Waals surface area contributed by atoms with Gasteiger partial charge in [-0.25, -0.2) is 4.98 Å². The van der Waals surface area contributed by atoms with Gasteiger partial charge < -0.3 is 9.15 Å². The number of nitro groups is 1. The molecule has 0 atom stereocenters. The average Bonchev–Trinajstić information content (AvgIpc) is 3.03. The first-order valence-electron chi connectivity index (χ1n) is 7.51. The Balaban J connectivity index is 0.00000243. The summed E-state index contributed by atoms with van der Waals surface area (Å²) in [6.45, 7) is 2.04. The zero-order valence-corrected chi connectivity index (χ0v) is 16.2. The molecule has 0 saturated carbocycles. The highest BCUT2D eigenvalue weighted by Crippen LogP contribution is 2.29. The van der Waals surface area contributed by atoms with Crippen LogP contribution in [0.3, 0.4) is 0 Å². The highest BCUT2D eigenvalue weighted by Gasteiger charge is 2.19. The van der Waals surface area contributed by atoms with Crippen LogP contribution in [0.1, 0.15) is 17.3 Å². The Morgan fingerprint density at radius 2 is 2.08 bits per heavy atom. The van der Waals surface area contributed by atoms with Crippen LogP contribution in [0.5, 0.6) is 5.75 Å². The molecule has 0 radical (unpaired) electrons. The lowest BCUT2D eigenvalue weighted by molar-refractivity contribution is -0.385. The minimum atomic E-state index is -0.560. The van der Waals surface area contributed by atoms with Gasteiger partial charge in [0.2, 0.25) is 0 Å². The molecule has 0 spiro atoms. The minimum absolute atomic E-state index is 0. The van der Waals surface area contributed by atoms with Gasteiger partial charge in [-0.3, -0.25) is 14.9 Å². The molecule has 1 heterocycles. The van der Waals surface area contributed by atoms with Gasteiger partial charge in [0.15, 0.2) is 17.1 Å². The summed E-state index contributed by atoms with van der Waals surface area (Å²) < 4.78 is 10.8. The zero-order chi connectivity index (χ0) is 17.8. The molecule has 0 amide bonds. The molecule has 1 aromatic heterocycles. The van der Waals surface area contributed by atoms with Crippen LogP contribution in [0.2, 0.25) is 0 Å². The fourth-order valence-corrected chi connectivity index (χ4v) is 2.97. The number of carbonyl (C=O) groups is 1. The number of ketones is 1. The van der Waals surface area contributed by atoms with E-state index in [9.17, 15) is 14.9 Å². The third kappa shape index (κ3) is 4.41. The molecule has 3 aromatic rings. The van der Waals surface area contributed by atoms with E-state index in [0.29, 0.717) is 22.9 Å². The summed E-state index contributed by atoms with van der Waals surface area (Å²) in [5.74, 6) is -0.0353. The molecule has 0 saturated heterocycles. The largest absolute Gasteiger partial charge is 0.487 e. The molecule has 0 aliphatic rings. The van der Waals surface area contributed by atoms with Crippen molar-refractivity contribution in [3.8, 4) is 5.75 Å². The number of para-hydroxylation sites is 2. The Morgan fingerprint density at radius 3 is 2.77 bits per heavy atom. The first-order chi connectivity index (χ1) is 12.1. The number of fused-ring (bicyclic) bond motifs is 1. The van der Waals surface area contributed by atoms with E-state index in [0.717, 1.165) is 11.8 Å². The second-order valence-electron chi connectivity index (χ2n) is 5.03. The van der Waals surface area contributed by atoms with E-state index in [1.165, 1.54) is 18.2 Å². The number of carbonyl (C=O) groups excluding carboxylic acids is 1. The summed E-state index contributed by atoms with van der Waals surface area (Å²) >= 11 is 1.15. The number of ether oxygens (including phenoxy) is 1. The average molecular weight is 439 g/mol. The summed E-state index contributed by atoms with van der Waals surface area (Å²) in [4.78, 5) is 27.2. The molecule has 0 aliphatic heterocycles. The van der Waals surface area contributed by atoms with Crippen molar-refractivity contribution in [2.45, 2.75) is 12.1 Å². The topological polar surface area (TPSA) is 95.5 Å². The molecule has 7 nitrogen and oxygen atoms in total. The molecule has 0 fully saturated rings. The van der Waals surface area contributed by atoms with Crippen molar-refractivity contribution in [3.63, 3.8) is 0 Å². The molecule has 0 N–H and O–H groups in total. The fraction of sp³-hybridized carbons (Fsp3) is 0.176. The monoisotopic (exact) mass is 438 g/mol. The van der Waals surface area contributed by atoms with Crippen LogP contribution in [-0.2, 0) is 0 Å². The third-order valence-corrected chi connectivity index (χ3v) is 4.21. The smallest absolute Gasteiger partial charge is 0.311 e. The summed E-state index contributed by atoms with van der Waals surface area (Å²) in [5, 5.41) is 11.5. The SMILES string of the molecule is Br.CCOc1ccc(C(=O)CSc2nc3ccccc3o2)cc1[N+](=O)[O-]. The van der Waals surface area contributed by atoms with Crippen LogP contribution in [0.15, 0.2) is 52.1 Å². The van der Waals surface area contributed by atoms with Gasteiger partial charge in [-0.1, -0.05) is 23.9 Å². The van der Waals surface area contributed by atoms with Crippen LogP contribution in [0.25, 0.3) is 11.1 Å². The van der Waals surface area contributed by atoms with Crippen LogP contribution in [0.4, 0.5) is 5.69 Å². The van der Waals surface area contributed by atoms with Crippen LogP contribution in [-0.4, -0.2) is 28.1 Å². The number of Topliss-reactive ketones (excluding diaryl/α,β-unsaturated/α-hetero) is 1. The highest BCUT2D eigenvalue weighted by molar-refractivity contribution is 8.93. The zero-order valence-electron chi connectivity index (χ0n) is 13.7. The van der Waals surface area contributed by atoms with Crippen LogP contribution < -0.4 is 4.74 Å². The number of benzene rings is 2. The lowest BCUT2D eigenvalue weighted by Gasteiger charge is -2.05. The molecule has 3 rings (SSSR count). The van der Waals surface area contributed by atoms with Crippen LogP contribution >= 0.6 is 28.7 Å². The van der Waals surface area contributed by atoms with Crippen molar-refractivity contribution in [2.75, 3.05) is 12.4 Å². The van der Waals surface area contributed by atoms with E-state index in [-0.39, 0.29) is 45.5 Å². The Labute approximate surface area is 163 Å². The van der Waals surface area contributed by atoms with E-state index in [1.54, 1.807) is 13.0 Å². The summed E-state index contributed by atoms with van der Waals surface area (Å²) in [6.07, 6.45) is 0. The Kier molecular flexibility index (Phi) is 6.76. The Bertz CT molecular complexity index is 911. The number of thioether (sulfide) groups is 1. The van der Waals surface area contributed by atoms with E-state index in [1.807, 2.05) is 18.2 Å². The normalized spacial score (nSPS) is 10.3. The van der Waals surface area contributed by atoms with Gasteiger partial charge in [0.25, 0.3) is 5.22 Å². The molecule has 9 heteroatoms. The number of oxazole rings is 1. The van der Waals surface area contributed by atoms with Gasteiger partial charge >= 0.3 is 5.69 Å². The van der Waals surface area contributed by atoms with Crippen LogP contribution in [0, 0.1) is 10.1 Å². The first-order valence-corrected chi connectivity index (χ1v) is 8.50. The van der Waals surface area contributed by atoms with Crippen molar-refractivity contribution in [1.82, 2.24) is 4.98 Å². The van der Waals surface area contributed by atoms with Gasteiger partial charge in [-0.15, -0.1) is 17.0 Å². The molecule has 2 aromatic carbocycles. The van der Waals surface area contributed by atoms with Crippen molar-refractivity contribution in [1.29, 1.82) is 0 Å².